The Balaban J connectivity index is 1.35. The van der Waals surface area contributed by atoms with Crippen molar-refractivity contribution in [3.63, 3.8) is 0 Å². The van der Waals surface area contributed by atoms with Gasteiger partial charge in [0, 0.05) is 37.4 Å². The summed E-state index contributed by atoms with van der Waals surface area (Å²) in [4.78, 5) is 20.9. The minimum absolute atomic E-state index is 0.306. The van der Waals surface area contributed by atoms with E-state index in [-0.39, 0.29) is 5.75 Å². The Labute approximate surface area is 205 Å². The third-order valence-electron chi connectivity index (χ3n) is 5.98. The Hall–Kier alpha value is -3.53. The fourth-order valence-corrected chi connectivity index (χ4v) is 5.33. The molecule has 0 atom stereocenters. The smallest absolute Gasteiger partial charge is 0.237 e. The van der Waals surface area contributed by atoms with E-state index in [1.165, 1.54) is 0 Å². The lowest BCUT2D eigenvalue weighted by molar-refractivity contribution is -0.128. The van der Waals surface area contributed by atoms with Crippen molar-refractivity contribution in [1.29, 1.82) is 0 Å². The van der Waals surface area contributed by atoms with Gasteiger partial charge in [-0.25, -0.2) is 13.4 Å². The van der Waals surface area contributed by atoms with Crippen molar-refractivity contribution in [2.45, 2.75) is 12.7 Å². The normalized spacial score (nSPS) is 14.1. The van der Waals surface area contributed by atoms with E-state index in [1.807, 2.05) is 24.3 Å². The molecular weight excluding hydrogens is 470 g/mol. The second kappa shape index (κ2) is 10.4. The van der Waals surface area contributed by atoms with Crippen LogP contribution >= 0.6 is 0 Å². The van der Waals surface area contributed by atoms with Gasteiger partial charge in [0.15, 0.2) is 9.84 Å². The number of rotatable bonds is 8. The molecule has 186 valence electrons. The van der Waals surface area contributed by atoms with Gasteiger partial charge in [0.05, 0.1) is 25.7 Å². The maximum atomic E-state index is 12.8. The molecule has 0 N–H and O–H groups in total. The number of oxazole rings is 1. The van der Waals surface area contributed by atoms with E-state index in [0.717, 1.165) is 11.4 Å². The highest BCUT2D eigenvalue weighted by atomic mass is 32.2. The number of aromatic nitrogens is 1. The number of hydrogen-bond acceptors (Lipinski definition) is 8. The molecule has 0 radical (unpaired) electrons. The molecule has 1 aliphatic heterocycles. The van der Waals surface area contributed by atoms with E-state index in [2.05, 4.69) is 9.88 Å². The van der Waals surface area contributed by atoms with Gasteiger partial charge in [0.25, 0.3) is 0 Å². The molecule has 0 spiro atoms. The maximum Gasteiger partial charge on any atom is 0.237 e. The molecule has 0 bridgehead atoms. The largest absolute Gasteiger partial charge is 0.497 e. The first-order valence-corrected chi connectivity index (χ1v) is 13.1. The second-order valence-corrected chi connectivity index (χ2v) is 10.4. The molecule has 2 aromatic carbocycles. The van der Waals surface area contributed by atoms with Gasteiger partial charge >= 0.3 is 0 Å². The van der Waals surface area contributed by atoms with Crippen molar-refractivity contribution in [3.05, 3.63) is 60.0 Å². The van der Waals surface area contributed by atoms with Crippen LogP contribution in [-0.4, -0.2) is 70.4 Å². The molecule has 10 heteroatoms. The Morgan fingerprint density at radius 1 is 1.00 bits per heavy atom. The molecule has 1 saturated heterocycles. The zero-order valence-electron chi connectivity index (χ0n) is 20.1. The molecule has 35 heavy (non-hydrogen) atoms. The summed E-state index contributed by atoms with van der Waals surface area (Å²) in [5, 5.41) is 0. The second-order valence-electron chi connectivity index (χ2n) is 8.35. The van der Waals surface area contributed by atoms with Crippen molar-refractivity contribution in [3.8, 4) is 23.0 Å². The van der Waals surface area contributed by atoms with Crippen LogP contribution in [0, 0.1) is 6.92 Å². The van der Waals surface area contributed by atoms with E-state index in [4.69, 9.17) is 13.9 Å². The van der Waals surface area contributed by atoms with E-state index in [9.17, 15) is 13.2 Å². The van der Waals surface area contributed by atoms with Gasteiger partial charge in [-0.1, -0.05) is 6.07 Å². The van der Waals surface area contributed by atoms with Gasteiger partial charge in [-0.05, 0) is 49.4 Å². The predicted molar refractivity (Wildman–Crippen MR) is 133 cm³/mol. The van der Waals surface area contributed by atoms with Gasteiger partial charge in [0.1, 0.15) is 23.0 Å². The molecule has 0 aliphatic carbocycles. The quantitative estimate of drug-likeness (QED) is 0.466. The molecule has 9 nitrogen and oxygen atoms in total. The molecule has 2 heterocycles. The molecule has 1 aromatic heterocycles. The minimum atomic E-state index is -3.73. The summed E-state index contributed by atoms with van der Waals surface area (Å²) in [6.45, 7) is 3.85. The van der Waals surface area contributed by atoms with Crippen molar-refractivity contribution in [2.75, 3.05) is 51.1 Å². The standard InChI is InChI=1S/C25H29N3O6S/c1-18-23(26-25(34-18)19-5-4-6-22(15-19)33-3)16-35(30,31)17-24(29)28-13-11-27(12-14-28)20-7-9-21(32-2)10-8-20/h4-10,15H,11-14,16-17H2,1-3H3. The number of methoxy groups -OCH3 is 2. The number of anilines is 1. The van der Waals surface area contributed by atoms with Gasteiger partial charge in [-0.15, -0.1) is 0 Å². The fraction of sp³-hybridized carbons (Fsp3) is 0.360. The van der Waals surface area contributed by atoms with Crippen LogP contribution in [0.5, 0.6) is 11.5 Å². The number of nitrogens with zero attached hydrogens (tertiary/aromatic N) is 3. The van der Waals surface area contributed by atoms with E-state index >= 15 is 0 Å². The number of carbonyl (C=O) groups is 1. The topological polar surface area (TPSA) is 102 Å². The van der Waals surface area contributed by atoms with Gasteiger partial charge in [0.2, 0.25) is 11.8 Å². The molecule has 3 aromatic rings. The van der Waals surface area contributed by atoms with E-state index in [0.29, 0.717) is 54.8 Å². The minimum Gasteiger partial charge on any atom is -0.497 e. The van der Waals surface area contributed by atoms with Crippen molar-refractivity contribution < 1.29 is 27.1 Å². The number of amides is 1. The molecule has 1 amide bonds. The first-order chi connectivity index (χ1) is 16.8. The molecule has 1 fully saturated rings. The lowest BCUT2D eigenvalue weighted by atomic mass is 10.2. The average molecular weight is 500 g/mol. The van der Waals surface area contributed by atoms with Gasteiger partial charge < -0.3 is 23.7 Å². The number of ether oxygens (including phenoxy) is 2. The summed E-state index contributed by atoms with van der Waals surface area (Å²) >= 11 is 0. The van der Waals surface area contributed by atoms with Crippen LogP contribution in [0.3, 0.4) is 0 Å². The predicted octanol–water partition coefficient (Wildman–Crippen LogP) is 2.93. The van der Waals surface area contributed by atoms with Crippen molar-refractivity contribution >= 4 is 21.4 Å². The van der Waals surface area contributed by atoms with Crippen molar-refractivity contribution in [1.82, 2.24) is 9.88 Å². The van der Waals surface area contributed by atoms with Gasteiger partial charge in [-0.3, -0.25) is 4.79 Å². The Bertz CT molecular complexity index is 1280. The van der Waals surface area contributed by atoms with Crippen LogP contribution in [0.15, 0.2) is 52.9 Å². The number of sulfone groups is 1. The molecule has 0 unspecified atom stereocenters. The summed E-state index contributed by atoms with van der Waals surface area (Å²) < 4.78 is 41.8. The first kappa shape index (κ1) is 24.6. The summed E-state index contributed by atoms with van der Waals surface area (Å²) in [5.41, 5.74) is 2.03. The summed E-state index contributed by atoms with van der Waals surface area (Å²) in [6.07, 6.45) is 0. The monoisotopic (exact) mass is 499 g/mol. The number of carbonyl (C=O) groups excluding carboxylic acids is 1. The lowest BCUT2D eigenvalue weighted by Gasteiger charge is -2.36. The van der Waals surface area contributed by atoms with Crippen LogP contribution < -0.4 is 14.4 Å². The zero-order valence-corrected chi connectivity index (χ0v) is 20.9. The summed E-state index contributed by atoms with van der Waals surface area (Å²) in [5.74, 6) is 0.837. The highest BCUT2D eigenvalue weighted by Gasteiger charge is 2.27. The van der Waals surface area contributed by atoms with E-state index in [1.54, 1.807) is 50.3 Å². The molecule has 0 saturated carbocycles. The fourth-order valence-electron chi connectivity index (χ4n) is 3.99. The number of piperazine rings is 1. The van der Waals surface area contributed by atoms with E-state index < -0.39 is 21.5 Å². The average Bonchev–Trinajstić information content (AvgIpc) is 3.23. The summed E-state index contributed by atoms with van der Waals surface area (Å²) in [6, 6.07) is 14.9. The van der Waals surface area contributed by atoms with Crippen LogP contribution in [-0.2, 0) is 20.4 Å². The summed E-state index contributed by atoms with van der Waals surface area (Å²) in [7, 11) is -0.541. The Kier molecular flexibility index (Phi) is 7.30. The molecule has 1 aliphatic rings. The van der Waals surface area contributed by atoms with Crippen LogP contribution in [0.4, 0.5) is 5.69 Å². The zero-order chi connectivity index (χ0) is 25.0. The number of benzene rings is 2. The molecular formula is C25H29N3O6S. The van der Waals surface area contributed by atoms with Crippen molar-refractivity contribution in [2.24, 2.45) is 0 Å². The van der Waals surface area contributed by atoms with Crippen LogP contribution in [0.2, 0.25) is 0 Å². The lowest BCUT2D eigenvalue weighted by Crippen LogP contribution is -2.50. The number of hydrogen-bond donors (Lipinski definition) is 0. The Morgan fingerprint density at radius 2 is 1.69 bits per heavy atom. The highest BCUT2D eigenvalue weighted by molar-refractivity contribution is 7.91. The SMILES string of the molecule is COc1ccc(N2CCN(C(=O)CS(=O)(=O)Cc3nc(-c4cccc(OC)c4)oc3C)CC2)cc1. The molecule has 4 rings (SSSR count). The van der Waals surface area contributed by atoms with Crippen LogP contribution in [0.1, 0.15) is 11.5 Å². The third kappa shape index (κ3) is 5.94. The highest BCUT2D eigenvalue weighted by Crippen LogP contribution is 2.26. The third-order valence-corrected chi connectivity index (χ3v) is 7.38. The number of aryl methyl sites for hydroxylation is 1. The first-order valence-electron chi connectivity index (χ1n) is 11.3. The maximum absolute atomic E-state index is 12.8. The van der Waals surface area contributed by atoms with Gasteiger partial charge in [-0.2, -0.15) is 0 Å². The van der Waals surface area contributed by atoms with Crippen LogP contribution in [0.25, 0.3) is 11.5 Å². The Morgan fingerprint density at radius 3 is 2.34 bits per heavy atom.